The molecule has 0 saturated heterocycles. The molecule has 1 rings (SSSR count). The number of hydrogen-bond acceptors (Lipinski definition) is 1. The molecular weight excluding hydrogens is 92.1 g/mol. The molecule has 1 aliphatic carbocycles. The number of hydrogen-bond donors (Lipinski definition) is 1. The van der Waals surface area contributed by atoms with Crippen LogP contribution in [0.25, 0.3) is 0 Å². The van der Waals surface area contributed by atoms with Crippen LogP contribution in [0, 0.1) is 0 Å². The molecule has 34 valence electrons. The topological polar surface area (TPSA) is 0 Å². The van der Waals surface area contributed by atoms with Crippen LogP contribution in [0.1, 0.15) is 12.8 Å². The van der Waals surface area contributed by atoms with E-state index in [0.29, 0.717) is 5.25 Å². The summed E-state index contributed by atoms with van der Waals surface area (Å²) in [6.45, 7) is 0. The highest BCUT2D eigenvalue weighted by Gasteiger charge is 1.99. The smallest absolute Gasteiger partial charge is 0.0199 e. The predicted molar refractivity (Wildman–Crippen MR) is 31.1 cm³/mol. The molecule has 6 heavy (non-hydrogen) atoms. The summed E-state index contributed by atoms with van der Waals surface area (Å²) in [5, 5.41) is 0.560. The first-order valence-electron chi connectivity index (χ1n) is 2.24. The molecule has 0 saturated carbocycles. The molecule has 0 fully saturated rings. The second kappa shape index (κ2) is 1.69. The molecule has 0 aromatic carbocycles. The normalized spacial score (nSPS) is 31.8. The maximum absolute atomic E-state index is 4.21. The van der Waals surface area contributed by atoms with E-state index in [1.54, 1.807) is 0 Å². The van der Waals surface area contributed by atoms with Crippen molar-refractivity contribution in [2.45, 2.75) is 18.1 Å². The SMILES string of the molecule is SC1C=CCC1. The van der Waals surface area contributed by atoms with Crippen LogP contribution in [0.4, 0.5) is 0 Å². The van der Waals surface area contributed by atoms with E-state index in [9.17, 15) is 0 Å². The van der Waals surface area contributed by atoms with Gasteiger partial charge in [-0.15, -0.1) is 0 Å². The van der Waals surface area contributed by atoms with Crippen molar-refractivity contribution in [3.05, 3.63) is 12.2 Å². The van der Waals surface area contributed by atoms with Crippen LogP contribution in [0.3, 0.4) is 0 Å². The Morgan fingerprint density at radius 1 is 1.67 bits per heavy atom. The van der Waals surface area contributed by atoms with Crippen LogP contribution in [0.5, 0.6) is 0 Å². The molecule has 1 unspecified atom stereocenters. The Kier molecular flexibility index (Phi) is 1.20. The first kappa shape index (κ1) is 4.25. The molecular formula is C5H8S. The summed E-state index contributed by atoms with van der Waals surface area (Å²) in [7, 11) is 0. The molecule has 1 atom stereocenters. The molecule has 0 bridgehead atoms. The summed E-state index contributed by atoms with van der Waals surface area (Å²) < 4.78 is 0. The average Bonchev–Trinajstić information content (AvgIpc) is 1.86. The highest BCUT2D eigenvalue weighted by Crippen LogP contribution is 2.13. The number of thiol groups is 1. The van der Waals surface area contributed by atoms with Crippen molar-refractivity contribution >= 4 is 12.6 Å². The third kappa shape index (κ3) is 0.777. The van der Waals surface area contributed by atoms with Crippen molar-refractivity contribution in [3.8, 4) is 0 Å². The van der Waals surface area contributed by atoms with Crippen molar-refractivity contribution in [3.63, 3.8) is 0 Å². The minimum Gasteiger partial charge on any atom is -0.172 e. The first-order chi connectivity index (χ1) is 2.89. The van der Waals surface area contributed by atoms with Gasteiger partial charge in [-0.3, -0.25) is 0 Å². The van der Waals surface area contributed by atoms with Gasteiger partial charge in [0.15, 0.2) is 0 Å². The molecule has 0 spiro atoms. The lowest BCUT2D eigenvalue weighted by Crippen LogP contribution is -1.81. The van der Waals surface area contributed by atoms with E-state index >= 15 is 0 Å². The van der Waals surface area contributed by atoms with Crippen LogP contribution < -0.4 is 0 Å². The van der Waals surface area contributed by atoms with Crippen LogP contribution in [-0.4, -0.2) is 5.25 Å². The molecule has 0 aromatic heterocycles. The Labute approximate surface area is 43.7 Å². The van der Waals surface area contributed by atoms with Crippen molar-refractivity contribution in [2.75, 3.05) is 0 Å². The molecule has 0 aliphatic heterocycles. The van der Waals surface area contributed by atoms with E-state index in [1.165, 1.54) is 12.8 Å². The summed E-state index contributed by atoms with van der Waals surface area (Å²) in [6.07, 6.45) is 6.79. The fourth-order valence-corrected chi connectivity index (χ4v) is 0.887. The van der Waals surface area contributed by atoms with Gasteiger partial charge in [0.05, 0.1) is 0 Å². The van der Waals surface area contributed by atoms with Gasteiger partial charge in [0, 0.05) is 5.25 Å². The van der Waals surface area contributed by atoms with Gasteiger partial charge in [0.1, 0.15) is 0 Å². The van der Waals surface area contributed by atoms with Gasteiger partial charge in [-0.2, -0.15) is 12.6 Å². The molecule has 0 heterocycles. The fraction of sp³-hybridized carbons (Fsp3) is 0.600. The molecule has 0 N–H and O–H groups in total. The van der Waals surface area contributed by atoms with E-state index in [1.807, 2.05) is 0 Å². The zero-order chi connectivity index (χ0) is 4.41. The van der Waals surface area contributed by atoms with Crippen LogP contribution in [0.2, 0.25) is 0 Å². The molecule has 0 radical (unpaired) electrons. The number of rotatable bonds is 0. The van der Waals surface area contributed by atoms with Gasteiger partial charge >= 0.3 is 0 Å². The first-order valence-corrected chi connectivity index (χ1v) is 2.76. The van der Waals surface area contributed by atoms with Gasteiger partial charge in [0.25, 0.3) is 0 Å². The summed E-state index contributed by atoms with van der Waals surface area (Å²) >= 11 is 4.21. The third-order valence-corrected chi connectivity index (χ3v) is 1.42. The molecule has 1 aliphatic rings. The van der Waals surface area contributed by atoms with Gasteiger partial charge in [-0.25, -0.2) is 0 Å². The molecule has 0 amide bonds. The van der Waals surface area contributed by atoms with E-state index in [0.717, 1.165) is 0 Å². The Bertz CT molecular complexity index is 66.3. The van der Waals surface area contributed by atoms with Crippen LogP contribution in [0.15, 0.2) is 12.2 Å². The van der Waals surface area contributed by atoms with Crippen molar-refractivity contribution in [1.82, 2.24) is 0 Å². The van der Waals surface area contributed by atoms with Crippen LogP contribution in [-0.2, 0) is 0 Å². The van der Waals surface area contributed by atoms with Gasteiger partial charge in [-0.1, -0.05) is 12.2 Å². The van der Waals surface area contributed by atoms with Crippen molar-refractivity contribution < 1.29 is 0 Å². The minimum atomic E-state index is 0.560. The molecule has 0 aromatic rings. The monoisotopic (exact) mass is 100 g/mol. The maximum Gasteiger partial charge on any atom is 0.0199 e. The second-order valence-electron chi connectivity index (χ2n) is 1.57. The second-order valence-corrected chi connectivity index (χ2v) is 2.24. The van der Waals surface area contributed by atoms with E-state index in [2.05, 4.69) is 24.8 Å². The Balaban J connectivity index is 2.38. The lowest BCUT2D eigenvalue weighted by atomic mass is 10.4. The fourth-order valence-electron chi connectivity index (χ4n) is 0.617. The largest absolute Gasteiger partial charge is 0.172 e. The van der Waals surface area contributed by atoms with Crippen molar-refractivity contribution in [2.24, 2.45) is 0 Å². The lowest BCUT2D eigenvalue weighted by molar-refractivity contribution is 0.949. The number of allylic oxidation sites excluding steroid dienone is 1. The van der Waals surface area contributed by atoms with Gasteiger partial charge in [0.2, 0.25) is 0 Å². The average molecular weight is 100 g/mol. The minimum absolute atomic E-state index is 0.560. The highest BCUT2D eigenvalue weighted by atomic mass is 32.1. The van der Waals surface area contributed by atoms with Gasteiger partial charge in [-0.05, 0) is 12.8 Å². The van der Waals surface area contributed by atoms with Gasteiger partial charge < -0.3 is 0 Å². The van der Waals surface area contributed by atoms with Crippen LogP contribution >= 0.6 is 12.6 Å². The Morgan fingerprint density at radius 2 is 2.50 bits per heavy atom. The van der Waals surface area contributed by atoms with E-state index < -0.39 is 0 Å². The Morgan fingerprint density at radius 3 is 2.67 bits per heavy atom. The zero-order valence-corrected chi connectivity index (χ0v) is 4.49. The summed E-state index contributed by atoms with van der Waals surface area (Å²) in [5.74, 6) is 0. The molecule has 1 heteroatoms. The molecule has 0 nitrogen and oxygen atoms in total. The highest BCUT2D eigenvalue weighted by molar-refractivity contribution is 7.81. The summed E-state index contributed by atoms with van der Waals surface area (Å²) in [5.41, 5.74) is 0. The van der Waals surface area contributed by atoms with E-state index in [4.69, 9.17) is 0 Å². The Hall–Kier alpha value is 0.0900. The maximum atomic E-state index is 4.21. The predicted octanol–water partition coefficient (Wildman–Crippen LogP) is 1.63. The van der Waals surface area contributed by atoms with E-state index in [-0.39, 0.29) is 0 Å². The lowest BCUT2D eigenvalue weighted by Gasteiger charge is -1.88. The quantitative estimate of drug-likeness (QED) is 0.347. The summed E-state index contributed by atoms with van der Waals surface area (Å²) in [4.78, 5) is 0. The third-order valence-electron chi connectivity index (χ3n) is 0.987. The zero-order valence-electron chi connectivity index (χ0n) is 3.59. The van der Waals surface area contributed by atoms with Crippen molar-refractivity contribution in [1.29, 1.82) is 0 Å². The standard InChI is InChI=1S/C5H8S/c6-5-3-1-2-4-5/h1,3,5-6H,2,4H2. The summed E-state index contributed by atoms with van der Waals surface area (Å²) in [6, 6.07) is 0.